The third-order valence-electron chi connectivity index (χ3n) is 6.47. The van der Waals surface area contributed by atoms with E-state index in [0.717, 1.165) is 63.5 Å². The number of rotatable bonds is 9. The molecule has 3 aromatic heterocycles. The fourth-order valence-electron chi connectivity index (χ4n) is 4.52. The molecule has 7 nitrogen and oxygen atoms in total. The van der Waals surface area contributed by atoms with Crippen LogP contribution in [-0.2, 0) is 19.4 Å². The quantitative estimate of drug-likeness (QED) is 0.261. The van der Waals surface area contributed by atoms with Crippen molar-refractivity contribution in [2.45, 2.75) is 46.1 Å². The van der Waals surface area contributed by atoms with Crippen LogP contribution in [0.4, 0.5) is 0 Å². The summed E-state index contributed by atoms with van der Waals surface area (Å²) in [5.74, 6) is 0.559. The standard InChI is InChI=1S/C29H28N4O3S.Na/c1-3-4-11-26-25(28(34)33(19(2)30-26)18-22-8-7-16-37-22)17-20-12-14-21(15-13-20)23-9-5-6-10-24(23)27-31-29(35)36-32-27;/h5-10,12-16H,3-4,11,17-18H2,1-2H3,(H,31,32,35);. The van der Waals surface area contributed by atoms with Crippen LogP contribution in [0.5, 0.6) is 0 Å². The molecule has 0 aliphatic heterocycles. The molecule has 0 bridgehead atoms. The monoisotopic (exact) mass is 535 g/mol. The van der Waals surface area contributed by atoms with E-state index in [2.05, 4.69) is 17.1 Å². The number of aromatic amines is 1. The maximum Gasteiger partial charge on any atom is 0.439 e. The van der Waals surface area contributed by atoms with Crippen LogP contribution >= 0.6 is 11.3 Å². The summed E-state index contributed by atoms with van der Waals surface area (Å²) in [6.07, 6.45) is 3.36. The summed E-state index contributed by atoms with van der Waals surface area (Å²) in [6.45, 7) is 4.61. The Kier molecular flexibility index (Phi) is 9.33. The first kappa shape index (κ1) is 28.0. The summed E-state index contributed by atoms with van der Waals surface area (Å²) in [6, 6.07) is 19.9. The van der Waals surface area contributed by atoms with E-state index in [9.17, 15) is 9.59 Å². The summed E-state index contributed by atoms with van der Waals surface area (Å²) >= 11 is 1.65. The second kappa shape index (κ2) is 12.7. The largest absolute Gasteiger partial charge is 0.439 e. The fraction of sp³-hybridized carbons (Fsp3) is 0.241. The van der Waals surface area contributed by atoms with E-state index in [4.69, 9.17) is 9.51 Å². The molecule has 38 heavy (non-hydrogen) atoms. The van der Waals surface area contributed by atoms with Crippen LogP contribution < -0.4 is 11.3 Å². The van der Waals surface area contributed by atoms with Gasteiger partial charge in [-0.05, 0) is 47.9 Å². The van der Waals surface area contributed by atoms with Crippen LogP contribution in [0, 0.1) is 6.92 Å². The van der Waals surface area contributed by atoms with Crippen molar-refractivity contribution < 1.29 is 4.52 Å². The Hall–Kier alpha value is -3.04. The summed E-state index contributed by atoms with van der Waals surface area (Å²) in [5, 5.41) is 5.87. The van der Waals surface area contributed by atoms with Gasteiger partial charge in [-0.3, -0.25) is 18.9 Å². The molecular weight excluding hydrogens is 507 g/mol. The zero-order valence-corrected chi connectivity index (χ0v) is 24.7. The average molecular weight is 536 g/mol. The molecule has 0 saturated carbocycles. The molecule has 0 aliphatic rings. The van der Waals surface area contributed by atoms with Gasteiger partial charge in [0.2, 0.25) is 0 Å². The van der Waals surface area contributed by atoms with Crippen LogP contribution in [0.25, 0.3) is 22.5 Å². The Morgan fingerprint density at radius 3 is 2.42 bits per heavy atom. The Labute approximate surface area is 246 Å². The minimum atomic E-state index is -0.588. The first-order chi connectivity index (χ1) is 18.0. The molecule has 5 aromatic rings. The predicted molar refractivity (Wildman–Crippen MR) is 152 cm³/mol. The molecular formula is C29H28N4NaO3S. The van der Waals surface area contributed by atoms with Gasteiger partial charge in [0.05, 0.1) is 12.2 Å². The van der Waals surface area contributed by atoms with Gasteiger partial charge in [0.1, 0.15) is 5.82 Å². The molecule has 0 aliphatic carbocycles. The molecule has 0 spiro atoms. The zero-order valence-electron chi connectivity index (χ0n) is 21.9. The van der Waals surface area contributed by atoms with Gasteiger partial charge in [0.15, 0.2) is 5.82 Å². The summed E-state index contributed by atoms with van der Waals surface area (Å²) in [5.41, 5.74) is 5.43. The molecule has 0 saturated heterocycles. The number of unbranched alkanes of at least 4 members (excludes halogenated alkanes) is 1. The van der Waals surface area contributed by atoms with Gasteiger partial charge in [0, 0.05) is 52.0 Å². The number of H-pyrrole nitrogens is 1. The number of nitrogens with one attached hydrogen (secondary N) is 1. The van der Waals surface area contributed by atoms with Gasteiger partial charge in [0.25, 0.3) is 5.56 Å². The van der Waals surface area contributed by atoms with Crippen molar-refractivity contribution >= 4 is 40.9 Å². The molecule has 3 heterocycles. The van der Waals surface area contributed by atoms with Crippen LogP contribution in [0.2, 0.25) is 0 Å². The smallest absolute Gasteiger partial charge is 0.296 e. The zero-order chi connectivity index (χ0) is 25.8. The molecule has 2 aromatic carbocycles. The Morgan fingerprint density at radius 2 is 1.76 bits per heavy atom. The molecule has 9 heteroatoms. The van der Waals surface area contributed by atoms with Gasteiger partial charge in [-0.15, -0.1) is 11.3 Å². The van der Waals surface area contributed by atoms with Gasteiger partial charge < -0.3 is 0 Å². The first-order valence-corrected chi connectivity index (χ1v) is 13.3. The molecule has 1 radical (unpaired) electrons. The van der Waals surface area contributed by atoms with Crippen molar-refractivity contribution in [2.75, 3.05) is 0 Å². The summed E-state index contributed by atoms with van der Waals surface area (Å²) in [7, 11) is 0. The van der Waals surface area contributed by atoms with Crippen molar-refractivity contribution in [3.8, 4) is 22.5 Å². The van der Waals surface area contributed by atoms with Crippen molar-refractivity contribution in [3.05, 3.63) is 114 Å². The van der Waals surface area contributed by atoms with E-state index in [1.807, 2.05) is 73.0 Å². The minimum absolute atomic E-state index is 0. The first-order valence-electron chi connectivity index (χ1n) is 12.4. The van der Waals surface area contributed by atoms with Crippen LogP contribution in [0.3, 0.4) is 0 Å². The molecule has 0 fully saturated rings. The Bertz CT molecular complexity index is 1620. The Balaban J connectivity index is 0.00000336. The van der Waals surface area contributed by atoms with E-state index in [1.54, 1.807) is 15.9 Å². The molecule has 5 rings (SSSR count). The summed E-state index contributed by atoms with van der Waals surface area (Å²) in [4.78, 5) is 33.8. The fourth-order valence-corrected chi connectivity index (χ4v) is 5.22. The van der Waals surface area contributed by atoms with Crippen molar-refractivity contribution in [1.29, 1.82) is 0 Å². The topological polar surface area (TPSA) is 93.8 Å². The summed E-state index contributed by atoms with van der Waals surface area (Å²) < 4.78 is 6.49. The van der Waals surface area contributed by atoms with Crippen LogP contribution in [-0.4, -0.2) is 49.2 Å². The van der Waals surface area contributed by atoms with Gasteiger partial charge in [-0.25, -0.2) is 9.78 Å². The third-order valence-corrected chi connectivity index (χ3v) is 7.33. The van der Waals surface area contributed by atoms with Crippen molar-refractivity contribution in [2.24, 2.45) is 0 Å². The molecule has 0 atom stereocenters. The second-order valence-corrected chi connectivity index (χ2v) is 10.1. The van der Waals surface area contributed by atoms with Crippen molar-refractivity contribution in [1.82, 2.24) is 19.7 Å². The van der Waals surface area contributed by atoms with E-state index >= 15 is 0 Å². The normalized spacial score (nSPS) is 10.9. The van der Waals surface area contributed by atoms with E-state index in [-0.39, 0.29) is 35.1 Å². The predicted octanol–water partition coefficient (Wildman–Crippen LogP) is 5.22. The third kappa shape index (κ3) is 6.15. The average Bonchev–Trinajstić information content (AvgIpc) is 3.59. The maximum atomic E-state index is 13.7. The van der Waals surface area contributed by atoms with Crippen molar-refractivity contribution in [3.63, 3.8) is 0 Å². The minimum Gasteiger partial charge on any atom is -0.296 e. The van der Waals surface area contributed by atoms with E-state index in [1.165, 1.54) is 0 Å². The number of thiophene rings is 1. The van der Waals surface area contributed by atoms with Gasteiger partial charge in [-0.2, -0.15) is 0 Å². The van der Waals surface area contributed by atoms with Crippen LogP contribution in [0.1, 0.15) is 47.3 Å². The van der Waals surface area contributed by atoms with Gasteiger partial charge >= 0.3 is 5.76 Å². The second-order valence-electron chi connectivity index (χ2n) is 9.02. The number of benzene rings is 2. The van der Waals surface area contributed by atoms with E-state index < -0.39 is 5.76 Å². The number of hydrogen-bond acceptors (Lipinski definition) is 6. The van der Waals surface area contributed by atoms with E-state index in [0.29, 0.717) is 18.8 Å². The number of aryl methyl sites for hydroxylation is 2. The molecule has 0 unspecified atom stereocenters. The molecule has 1 N–H and O–H groups in total. The van der Waals surface area contributed by atoms with Crippen LogP contribution in [0.15, 0.2) is 80.2 Å². The van der Waals surface area contributed by atoms with Gasteiger partial charge in [-0.1, -0.05) is 73.1 Å². The number of aromatic nitrogens is 4. The molecule has 189 valence electrons. The number of nitrogens with zero attached hydrogens (tertiary/aromatic N) is 3. The molecule has 0 amide bonds. The SMILES string of the molecule is CCCCc1nc(C)n(Cc2cccs2)c(=O)c1Cc1ccc(-c2ccccc2-c2noc(=O)[nH]2)cc1.[Na]. The maximum absolute atomic E-state index is 13.7. The Morgan fingerprint density at radius 1 is 1.00 bits per heavy atom. The number of hydrogen-bond donors (Lipinski definition) is 1.